The third kappa shape index (κ3) is 7.62. The molecule has 172 valence electrons. The largest absolute Gasteiger partial charge is 0.354 e. The van der Waals surface area contributed by atoms with Gasteiger partial charge >= 0.3 is 0 Å². The maximum absolute atomic E-state index is 13.6. The maximum Gasteiger partial charge on any atom is 0.243 e. The number of benzene rings is 3. The van der Waals surface area contributed by atoms with Crippen molar-refractivity contribution >= 4 is 35.0 Å². The summed E-state index contributed by atoms with van der Waals surface area (Å²) in [6.07, 6.45) is 1.41. The molecule has 0 saturated carbocycles. The predicted octanol–water partition coefficient (Wildman–Crippen LogP) is 5.70. The van der Waals surface area contributed by atoms with Crippen molar-refractivity contribution < 1.29 is 9.59 Å². The Morgan fingerprint density at radius 2 is 1.55 bits per heavy atom. The fraction of sp³-hybridized carbons (Fsp3) is 0.259. The highest BCUT2D eigenvalue weighted by atomic mass is 35.5. The first-order chi connectivity index (χ1) is 16.0. The Morgan fingerprint density at radius 3 is 2.21 bits per heavy atom. The minimum Gasteiger partial charge on any atom is -0.354 e. The van der Waals surface area contributed by atoms with Crippen LogP contribution in [0, 0.1) is 0 Å². The van der Waals surface area contributed by atoms with Crippen molar-refractivity contribution in [3.05, 3.63) is 106 Å². The van der Waals surface area contributed by atoms with Gasteiger partial charge in [0.15, 0.2) is 0 Å². The van der Waals surface area contributed by atoms with E-state index in [0.29, 0.717) is 23.0 Å². The Balaban J connectivity index is 1.94. The molecule has 1 N–H and O–H groups in total. The van der Waals surface area contributed by atoms with Gasteiger partial charge in [-0.2, -0.15) is 0 Å². The molecule has 2 amide bonds. The molecule has 0 aliphatic heterocycles. The van der Waals surface area contributed by atoms with Gasteiger partial charge < -0.3 is 10.2 Å². The van der Waals surface area contributed by atoms with Gasteiger partial charge in [-0.1, -0.05) is 84.7 Å². The summed E-state index contributed by atoms with van der Waals surface area (Å²) >= 11 is 12.2. The number of nitrogens with one attached hydrogen (secondary N) is 1. The minimum absolute atomic E-state index is 0.134. The van der Waals surface area contributed by atoms with Crippen molar-refractivity contribution in [2.45, 2.75) is 38.8 Å². The van der Waals surface area contributed by atoms with Crippen molar-refractivity contribution in [2.24, 2.45) is 0 Å². The monoisotopic (exact) mass is 482 g/mol. The summed E-state index contributed by atoms with van der Waals surface area (Å²) in [4.78, 5) is 28.5. The molecule has 3 aromatic rings. The second kappa shape index (κ2) is 12.4. The molecular weight excluding hydrogens is 455 g/mol. The van der Waals surface area contributed by atoms with Gasteiger partial charge in [-0.3, -0.25) is 9.59 Å². The first-order valence-corrected chi connectivity index (χ1v) is 11.8. The molecule has 0 spiro atoms. The zero-order valence-corrected chi connectivity index (χ0v) is 20.1. The summed E-state index contributed by atoms with van der Waals surface area (Å²) in [5, 5.41) is 4.18. The van der Waals surface area contributed by atoms with Gasteiger partial charge in [0.05, 0.1) is 6.42 Å². The van der Waals surface area contributed by atoms with Gasteiger partial charge in [-0.15, -0.1) is 0 Å². The van der Waals surface area contributed by atoms with Gasteiger partial charge in [0, 0.05) is 29.6 Å². The molecule has 4 nitrogen and oxygen atoms in total. The van der Waals surface area contributed by atoms with Crippen LogP contribution in [0.5, 0.6) is 0 Å². The zero-order valence-electron chi connectivity index (χ0n) is 18.6. The molecule has 0 aliphatic carbocycles. The van der Waals surface area contributed by atoms with Gasteiger partial charge in [0.25, 0.3) is 0 Å². The summed E-state index contributed by atoms with van der Waals surface area (Å²) in [5.74, 6) is -0.294. The summed E-state index contributed by atoms with van der Waals surface area (Å²) < 4.78 is 0. The fourth-order valence-electron chi connectivity index (χ4n) is 3.63. The van der Waals surface area contributed by atoms with Crippen LogP contribution in [0.2, 0.25) is 10.0 Å². The van der Waals surface area contributed by atoms with Crippen LogP contribution in [0.3, 0.4) is 0 Å². The summed E-state index contributed by atoms with van der Waals surface area (Å²) in [6.45, 7) is 2.84. The molecule has 6 heteroatoms. The van der Waals surface area contributed by atoms with E-state index in [4.69, 9.17) is 23.2 Å². The van der Waals surface area contributed by atoms with Gasteiger partial charge in [0.2, 0.25) is 11.8 Å². The molecule has 0 saturated heterocycles. The van der Waals surface area contributed by atoms with E-state index in [1.165, 1.54) is 0 Å². The van der Waals surface area contributed by atoms with E-state index in [0.717, 1.165) is 23.1 Å². The Morgan fingerprint density at radius 1 is 0.848 bits per heavy atom. The van der Waals surface area contributed by atoms with Crippen LogP contribution in [0.4, 0.5) is 0 Å². The van der Waals surface area contributed by atoms with Crippen LogP contribution < -0.4 is 5.32 Å². The van der Waals surface area contributed by atoms with Crippen molar-refractivity contribution in [3.63, 3.8) is 0 Å². The van der Waals surface area contributed by atoms with Crippen LogP contribution in [-0.2, 0) is 29.0 Å². The Kier molecular flexibility index (Phi) is 9.35. The number of nitrogens with zero attached hydrogens (tertiary/aromatic N) is 1. The van der Waals surface area contributed by atoms with E-state index >= 15 is 0 Å². The van der Waals surface area contributed by atoms with Crippen LogP contribution in [0.25, 0.3) is 0 Å². The average Bonchev–Trinajstić information content (AvgIpc) is 2.82. The highest BCUT2D eigenvalue weighted by Crippen LogP contribution is 2.19. The highest BCUT2D eigenvalue weighted by Gasteiger charge is 2.30. The molecule has 3 rings (SSSR count). The molecule has 1 atom stereocenters. The molecule has 0 aliphatic rings. The molecule has 0 unspecified atom stereocenters. The number of carbonyl (C=O) groups excluding carboxylic acids is 2. The second-order valence-corrected chi connectivity index (χ2v) is 8.82. The van der Waals surface area contributed by atoms with E-state index in [1.54, 1.807) is 23.1 Å². The molecule has 0 aromatic heterocycles. The van der Waals surface area contributed by atoms with Crippen LogP contribution in [-0.4, -0.2) is 29.3 Å². The number of carbonyl (C=O) groups is 2. The third-order valence-electron chi connectivity index (χ3n) is 5.33. The lowest BCUT2D eigenvalue weighted by Gasteiger charge is -2.31. The summed E-state index contributed by atoms with van der Waals surface area (Å²) in [6, 6.07) is 23.7. The van der Waals surface area contributed by atoms with E-state index < -0.39 is 6.04 Å². The fourth-order valence-corrected chi connectivity index (χ4v) is 3.97. The normalized spacial score (nSPS) is 11.6. The Labute approximate surface area is 205 Å². The summed E-state index contributed by atoms with van der Waals surface area (Å²) in [7, 11) is 0. The lowest BCUT2D eigenvalue weighted by Crippen LogP contribution is -2.51. The van der Waals surface area contributed by atoms with E-state index in [9.17, 15) is 9.59 Å². The van der Waals surface area contributed by atoms with Crippen LogP contribution in [0.15, 0.2) is 78.9 Å². The molecule has 3 aromatic carbocycles. The zero-order chi connectivity index (χ0) is 23.6. The highest BCUT2D eigenvalue weighted by molar-refractivity contribution is 6.30. The van der Waals surface area contributed by atoms with Gasteiger partial charge in [0.1, 0.15) is 6.04 Å². The smallest absolute Gasteiger partial charge is 0.243 e. The molecule has 0 heterocycles. The SMILES string of the molecule is CCCNC(=O)[C@@H](Cc1ccccc1)N(Cc1cccc(Cl)c1)C(=O)Cc1ccc(Cl)cc1. The molecule has 0 fully saturated rings. The maximum atomic E-state index is 13.6. The van der Waals surface area contributed by atoms with E-state index in [-0.39, 0.29) is 24.8 Å². The van der Waals surface area contributed by atoms with Crippen LogP contribution >= 0.6 is 23.2 Å². The van der Waals surface area contributed by atoms with E-state index in [1.807, 2.05) is 67.6 Å². The second-order valence-electron chi connectivity index (χ2n) is 7.95. The van der Waals surface area contributed by atoms with Gasteiger partial charge in [-0.05, 0) is 47.4 Å². The third-order valence-corrected chi connectivity index (χ3v) is 5.82. The van der Waals surface area contributed by atoms with Crippen LogP contribution in [0.1, 0.15) is 30.0 Å². The standard InChI is InChI=1S/C27H28Cl2N2O2/c1-2-15-30-27(33)25(17-20-7-4-3-5-8-20)31(19-22-9-6-10-24(29)16-22)26(32)18-21-11-13-23(28)14-12-21/h3-14,16,25H,2,15,17-19H2,1H3,(H,30,33)/t25-/m1/s1. The predicted molar refractivity (Wildman–Crippen MR) is 134 cm³/mol. The Bertz CT molecular complexity index is 1060. The molecule has 0 bridgehead atoms. The topological polar surface area (TPSA) is 49.4 Å². The first-order valence-electron chi connectivity index (χ1n) is 11.1. The first kappa shape index (κ1) is 24.8. The molecular formula is C27H28Cl2N2O2. The van der Waals surface area contributed by atoms with E-state index in [2.05, 4.69) is 5.32 Å². The van der Waals surface area contributed by atoms with Crippen molar-refractivity contribution in [1.82, 2.24) is 10.2 Å². The number of halogens is 2. The minimum atomic E-state index is -0.655. The lowest BCUT2D eigenvalue weighted by atomic mass is 10.0. The van der Waals surface area contributed by atoms with Crippen molar-refractivity contribution in [3.8, 4) is 0 Å². The number of hydrogen-bond acceptors (Lipinski definition) is 2. The number of hydrogen-bond donors (Lipinski definition) is 1. The number of rotatable bonds is 10. The van der Waals surface area contributed by atoms with Crippen molar-refractivity contribution in [2.75, 3.05) is 6.54 Å². The average molecular weight is 483 g/mol. The summed E-state index contributed by atoms with van der Waals surface area (Å²) in [5.41, 5.74) is 2.70. The number of amides is 2. The van der Waals surface area contributed by atoms with Crippen molar-refractivity contribution in [1.29, 1.82) is 0 Å². The van der Waals surface area contributed by atoms with Gasteiger partial charge in [-0.25, -0.2) is 0 Å². The molecule has 33 heavy (non-hydrogen) atoms. The lowest BCUT2D eigenvalue weighted by molar-refractivity contribution is -0.140. The Hall–Kier alpha value is -2.82. The molecule has 0 radical (unpaired) electrons. The quantitative estimate of drug-likeness (QED) is 0.402.